The molecule has 0 aromatic heterocycles. The van der Waals surface area contributed by atoms with Gasteiger partial charge in [-0.2, -0.15) is 4.31 Å². The number of nitro benzene ring substituents is 1. The largest absolute Gasteiger partial charge is 0.445 e. The van der Waals surface area contributed by atoms with Crippen LogP contribution in [0.3, 0.4) is 0 Å². The van der Waals surface area contributed by atoms with E-state index in [0.29, 0.717) is 13.0 Å². The molecule has 0 unspecified atom stereocenters. The third kappa shape index (κ3) is 4.77. The summed E-state index contributed by atoms with van der Waals surface area (Å²) in [7, 11) is -4.10. The van der Waals surface area contributed by atoms with E-state index in [1.165, 1.54) is 33.5 Å². The molecule has 1 fully saturated rings. The topological polar surface area (TPSA) is 110 Å². The Morgan fingerprint density at radius 2 is 1.80 bits per heavy atom. The molecule has 1 heterocycles. The fraction of sp³-hybridized carbons (Fsp3) is 0.350. The minimum Gasteiger partial charge on any atom is -0.445 e. The standard InChI is InChI=1S/C20H23N3O6S/c1-16-14-21(20(24)29-15-17-8-3-2-4-9-17)12-7-13-22(16)30(27,28)19-11-6-5-10-18(19)23(25)26/h2-6,8-11,16H,7,12-15H2,1H3/t16-/m0/s1. The summed E-state index contributed by atoms with van der Waals surface area (Å²) in [5, 5.41) is 11.3. The number of sulfonamides is 1. The van der Waals surface area contributed by atoms with Crippen molar-refractivity contribution in [1.29, 1.82) is 0 Å². The molecule has 0 bridgehead atoms. The van der Waals surface area contributed by atoms with Crippen LogP contribution in [0.15, 0.2) is 59.5 Å². The molecule has 1 atom stereocenters. The van der Waals surface area contributed by atoms with Gasteiger partial charge in [0, 0.05) is 31.7 Å². The zero-order valence-corrected chi connectivity index (χ0v) is 17.3. The van der Waals surface area contributed by atoms with Gasteiger partial charge in [0.1, 0.15) is 6.61 Å². The van der Waals surface area contributed by atoms with E-state index in [4.69, 9.17) is 4.74 Å². The van der Waals surface area contributed by atoms with Crippen LogP contribution < -0.4 is 0 Å². The normalized spacial score (nSPS) is 17.9. The molecule has 2 aromatic carbocycles. The van der Waals surface area contributed by atoms with Gasteiger partial charge in [0.05, 0.1) is 4.92 Å². The van der Waals surface area contributed by atoms with Crippen LogP contribution in [0.5, 0.6) is 0 Å². The van der Waals surface area contributed by atoms with Crippen molar-refractivity contribution >= 4 is 21.8 Å². The monoisotopic (exact) mass is 433 g/mol. The number of nitro groups is 1. The highest BCUT2D eigenvalue weighted by Crippen LogP contribution is 2.28. The molecule has 2 aromatic rings. The van der Waals surface area contributed by atoms with Crippen molar-refractivity contribution in [3.05, 3.63) is 70.3 Å². The molecule has 0 radical (unpaired) electrons. The summed E-state index contributed by atoms with van der Waals surface area (Å²) < 4.78 is 32.9. The van der Waals surface area contributed by atoms with Gasteiger partial charge in [-0.1, -0.05) is 42.5 Å². The molecule has 10 heteroatoms. The Morgan fingerprint density at radius 3 is 2.50 bits per heavy atom. The first-order valence-corrected chi connectivity index (χ1v) is 11.0. The van der Waals surface area contributed by atoms with Crippen molar-refractivity contribution < 1.29 is 22.9 Å². The maximum atomic E-state index is 13.1. The van der Waals surface area contributed by atoms with E-state index in [1.807, 2.05) is 30.3 Å². The quantitative estimate of drug-likeness (QED) is 0.529. The number of carbonyl (C=O) groups is 1. The Kier molecular flexibility index (Phi) is 6.68. The van der Waals surface area contributed by atoms with E-state index in [2.05, 4.69) is 0 Å². The number of ether oxygens (including phenoxy) is 1. The lowest BCUT2D eigenvalue weighted by atomic mass is 10.2. The summed E-state index contributed by atoms with van der Waals surface area (Å²) in [4.78, 5) is 24.2. The average molecular weight is 433 g/mol. The van der Waals surface area contributed by atoms with E-state index in [-0.39, 0.29) is 24.6 Å². The van der Waals surface area contributed by atoms with Crippen LogP contribution in [-0.2, 0) is 21.4 Å². The number of hydrogen-bond acceptors (Lipinski definition) is 6. The Morgan fingerprint density at radius 1 is 1.13 bits per heavy atom. The first kappa shape index (κ1) is 21.7. The summed E-state index contributed by atoms with van der Waals surface area (Å²) in [6.07, 6.45) is -0.124. The lowest BCUT2D eigenvalue weighted by Crippen LogP contribution is -2.44. The number of nitrogens with zero attached hydrogens (tertiary/aromatic N) is 3. The highest BCUT2D eigenvalue weighted by molar-refractivity contribution is 7.89. The van der Waals surface area contributed by atoms with Gasteiger partial charge in [0.25, 0.3) is 5.69 Å². The Hall–Kier alpha value is -2.98. The smallest absolute Gasteiger partial charge is 0.410 e. The molecule has 1 aliphatic rings. The molecule has 30 heavy (non-hydrogen) atoms. The fourth-order valence-electron chi connectivity index (χ4n) is 3.43. The predicted molar refractivity (Wildman–Crippen MR) is 109 cm³/mol. The van der Waals surface area contributed by atoms with Gasteiger partial charge in [-0.3, -0.25) is 10.1 Å². The van der Waals surface area contributed by atoms with Gasteiger partial charge in [-0.25, -0.2) is 13.2 Å². The van der Waals surface area contributed by atoms with Crippen molar-refractivity contribution in [2.45, 2.75) is 30.9 Å². The minimum absolute atomic E-state index is 0.128. The Balaban J connectivity index is 1.73. The Labute approximate surface area is 175 Å². The van der Waals surface area contributed by atoms with Crippen LogP contribution in [0.4, 0.5) is 10.5 Å². The molecule has 0 spiro atoms. The second-order valence-corrected chi connectivity index (χ2v) is 8.89. The number of amides is 1. The number of benzene rings is 2. The van der Waals surface area contributed by atoms with E-state index in [9.17, 15) is 23.3 Å². The number of rotatable bonds is 5. The molecule has 1 saturated heterocycles. The molecule has 1 aliphatic heterocycles. The first-order valence-electron chi connectivity index (χ1n) is 9.51. The van der Waals surface area contributed by atoms with Crippen molar-refractivity contribution in [3.8, 4) is 0 Å². The fourth-order valence-corrected chi connectivity index (χ4v) is 5.25. The molecule has 3 rings (SSSR count). The maximum absolute atomic E-state index is 13.1. The summed E-state index contributed by atoms with van der Waals surface area (Å²) in [6, 6.07) is 14.0. The van der Waals surface area contributed by atoms with E-state index in [0.717, 1.165) is 5.56 Å². The highest BCUT2D eigenvalue weighted by atomic mass is 32.2. The van der Waals surface area contributed by atoms with Crippen LogP contribution in [0, 0.1) is 10.1 Å². The lowest BCUT2D eigenvalue weighted by Gasteiger charge is -2.28. The number of para-hydroxylation sites is 1. The van der Waals surface area contributed by atoms with E-state index in [1.54, 1.807) is 6.92 Å². The summed E-state index contributed by atoms with van der Waals surface area (Å²) in [5.41, 5.74) is 0.391. The molecule has 1 amide bonds. The van der Waals surface area contributed by atoms with Crippen LogP contribution in [-0.4, -0.2) is 54.3 Å². The van der Waals surface area contributed by atoms with Crippen LogP contribution in [0.2, 0.25) is 0 Å². The third-order valence-electron chi connectivity index (χ3n) is 4.89. The van der Waals surface area contributed by atoms with Gasteiger partial charge in [0.15, 0.2) is 4.90 Å². The molecule has 9 nitrogen and oxygen atoms in total. The van der Waals surface area contributed by atoms with Gasteiger partial charge in [-0.15, -0.1) is 0 Å². The molecule has 0 saturated carbocycles. The van der Waals surface area contributed by atoms with Gasteiger partial charge >= 0.3 is 6.09 Å². The van der Waals surface area contributed by atoms with Crippen molar-refractivity contribution in [2.75, 3.05) is 19.6 Å². The Bertz CT molecular complexity index is 1010. The molecule has 0 aliphatic carbocycles. The number of hydrogen-bond donors (Lipinski definition) is 0. The number of carbonyl (C=O) groups excluding carboxylic acids is 1. The molecule has 0 N–H and O–H groups in total. The zero-order valence-electron chi connectivity index (χ0n) is 16.5. The summed E-state index contributed by atoms with van der Waals surface area (Å²) in [6.45, 7) is 2.42. The van der Waals surface area contributed by atoms with Gasteiger partial charge in [-0.05, 0) is 25.0 Å². The van der Waals surface area contributed by atoms with E-state index >= 15 is 0 Å². The average Bonchev–Trinajstić information content (AvgIpc) is 2.94. The van der Waals surface area contributed by atoms with E-state index < -0.39 is 32.8 Å². The highest BCUT2D eigenvalue weighted by Gasteiger charge is 2.37. The lowest BCUT2D eigenvalue weighted by molar-refractivity contribution is -0.387. The van der Waals surface area contributed by atoms with Crippen LogP contribution in [0.25, 0.3) is 0 Å². The van der Waals surface area contributed by atoms with Crippen molar-refractivity contribution in [2.24, 2.45) is 0 Å². The maximum Gasteiger partial charge on any atom is 0.410 e. The zero-order chi connectivity index (χ0) is 21.7. The minimum atomic E-state index is -4.10. The summed E-state index contributed by atoms with van der Waals surface area (Å²) in [5.74, 6) is 0. The van der Waals surface area contributed by atoms with Crippen molar-refractivity contribution in [1.82, 2.24) is 9.21 Å². The third-order valence-corrected chi connectivity index (χ3v) is 6.96. The second-order valence-electron chi connectivity index (χ2n) is 7.03. The second kappa shape index (κ2) is 9.23. The molecular weight excluding hydrogens is 410 g/mol. The predicted octanol–water partition coefficient (Wildman–Crippen LogP) is 3.02. The first-order chi connectivity index (χ1) is 14.3. The van der Waals surface area contributed by atoms with Crippen LogP contribution in [0.1, 0.15) is 18.9 Å². The van der Waals surface area contributed by atoms with Gasteiger partial charge in [0.2, 0.25) is 10.0 Å². The van der Waals surface area contributed by atoms with Crippen molar-refractivity contribution in [3.63, 3.8) is 0 Å². The van der Waals surface area contributed by atoms with Gasteiger partial charge < -0.3 is 9.64 Å². The van der Waals surface area contributed by atoms with Crippen LogP contribution >= 0.6 is 0 Å². The molecule has 160 valence electrons. The SMILES string of the molecule is C[C@H]1CN(C(=O)OCc2ccccc2)CCCN1S(=O)(=O)c1ccccc1[N+](=O)[O-]. The summed E-state index contributed by atoms with van der Waals surface area (Å²) >= 11 is 0. The molecular formula is C20H23N3O6S.